The first-order chi connectivity index (χ1) is 29.1. The van der Waals surface area contributed by atoms with Crippen LogP contribution in [0, 0.1) is 0 Å². The predicted octanol–water partition coefficient (Wildman–Crippen LogP) is 15.4. The Morgan fingerprint density at radius 3 is 1.10 bits per heavy atom. The lowest BCUT2D eigenvalue weighted by Crippen LogP contribution is -2.37. The van der Waals surface area contributed by atoms with Crippen LogP contribution in [-0.2, 0) is 27.9 Å². The molecule has 0 bridgehead atoms. The minimum absolute atomic E-state index is 0.0317. The number of ether oxygens (including phenoxy) is 2. The van der Waals surface area contributed by atoms with Crippen LogP contribution in [0.15, 0.2) is 0 Å². The molecule has 0 rings (SSSR count). The number of phosphoric acid groups is 1. The second-order valence-corrected chi connectivity index (χ2v) is 20.7. The number of likely N-dealkylation sites (N-methyl/N-ethyl adjacent to an activating group) is 1. The summed E-state index contributed by atoms with van der Waals surface area (Å²) in [4.78, 5) is 25.1. The molecular formula is C51H104NO7P. The number of unbranched alkanes of at least 4 members (excludes halogenated alkanes) is 36. The summed E-state index contributed by atoms with van der Waals surface area (Å²) in [5.74, 6) is -0.326. The molecule has 0 aliphatic rings. The highest BCUT2D eigenvalue weighted by molar-refractivity contribution is 7.45. The normalized spacial score (nSPS) is 13.5. The van der Waals surface area contributed by atoms with Crippen molar-refractivity contribution < 1.29 is 37.3 Å². The van der Waals surface area contributed by atoms with Gasteiger partial charge in [0.15, 0.2) is 0 Å². The molecule has 0 saturated carbocycles. The second kappa shape index (κ2) is 45.1. The number of hydrogen-bond donors (Lipinski definition) is 0. The average molecular weight is 874 g/mol. The fourth-order valence-corrected chi connectivity index (χ4v) is 8.57. The van der Waals surface area contributed by atoms with Crippen molar-refractivity contribution in [2.45, 2.75) is 270 Å². The number of nitrogens with zero attached hydrogens (tertiary/aromatic N) is 1. The average Bonchev–Trinajstić information content (AvgIpc) is 3.20. The van der Waals surface area contributed by atoms with Crippen molar-refractivity contribution in [3.05, 3.63) is 0 Å². The van der Waals surface area contributed by atoms with Gasteiger partial charge in [-0.15, -0.1) is 0 Å². The number of quaternary nitrogens is 1. The van der Waals surface area contributed by atoms with E-state index in [9.17, 15) is 14.3 Å². The van der Waals surface area contributed by atoms with Gasteiger partial charge in [-0.05, 0) is 12.8 Å². The second-order valence-electron chi connectivity index (χ2n) is 19.3. The maximum absolute atomic E-state index is 12.7. The van der Waals surface area contributed by atoms with Crippen molar-refractivity contribution in [3.8, 4) is 0 Å². The summed E-state index contributed by atoms with van der Waals surface area (Å²) in [7, 11) is 1.38. The van der Waals surface area contributed by atoms with E-state index >= 15 is 0 Å². The van der Waals surface area contributed by atoms with Crippen LogP contribution in [0.1, 0.15) is 264 Å². The molecule has 0 N–H and O–H groups in total. The smallest absolute Gasteiger partial charge is 0.306 e. The van der Waals surface area contributed by atoms with Crippen molar-refractivity contribution >= 4 is 13.8 Å². The molecule has 2 atom stereocenters. The zero-order valence-corrected chi connectivity index (χ0v) is 41.8. The van der Waals surface area contributed by atoms with Gasteiger partial charge in [0.25, 0.3) is 7.82 Å². The van der Waals surface area contributed by atoms with Crippen molar-refractivity contribution in [1.82, 2.24) is 0 Å². The Hall–Kier alpha value is -0.500. The molecule has 0 aromatic heterocycles. The lowest BCUT2D eigenvalue weighted by atomic mass is 10.0. The first-order valence-corrected chi connectivity index (χ1v) is 27.7. The molecule has 0 amide bonds. The maximum atomic E-state index is 12.7. The minimum atomic E-state index is -4.52. The molecule has 0 radical (unpaired) electrons. The molecule has 8 nitrogen and oxygen atoms in total. The Kier molecular flexibility index (Phi) is 44.7. The van der Waals surface area contributed by atoms with Gasteiger partial charge in [0.2, 0.25) is 0 Å². The molecule has 0 aromatic rings. The van der Waals surface area contributed by atoms with Gasteiger partial charge in [0, 0.05) is 13.0 Å². The number of hydrogen-bond acceptors (Lipinski definition) is 7. The molecule has 0 spiro atoms. The van der Waals surface area contributed by atoms with E-state index < -0.39 is 13.9 Å². The first-order valence-electron chi connectivity index (χ1n) is 26.3. The number of rotatable bonds is 50. The molecule has 9 heteroatoms. The van der Waals surface area contributed by atoms with Crippen LogP contribution in [0.5, 0.6) is 0 Å². The largest absolute Gasteiger partial charge is 0.756 e. The summed E-state index contributed by atoms with van der Waals surface area (Å²) < 4.78 is 34.8. The van der Waals surface area contributed by atoms with Gasteiger partial charge in [-0.25, -0.2) is 0 Å². The van der Waals surface area contributed by atoms with E-state index in [-0.39, 0.29) is 25.8 Å². The monoisotopic (exact) mass is 874 g/mol. The summed E-state index contributed by atoms with van der Waals surface area (Å²) in [5.41, 5.74) is 0. The summed E-state index contributed by atoms with van der Waals surface area (Å²) in [6.07, 6.45) is 49.9. The Morgan fingerprint density at radius 2 is 0.767 bits per heavy atom. The van der Waals surface area contributed by atoms with Crippen LogP contribution in [0.25, 0.3) is 0 Å². The first kappa shape index (κ1) is 59.5. The van der Waals surface area contributed by atoms with E-state index in [0.29, 0.717) is 24.1 Å². The van der Waals surface area contributed by atoms with Crippen LogP contribution in [-0.4, -0.2) is 70.7 Å². The Labute approximate surface area is 374 Å². The summed E-state index contributed by atoms with van der Waals surface area (Å²) >= 11 is 0. The van der Waals surface area contributed by atoms with Crippen LogP contribution in [0.4, 0.5) is 0 Å². The van der Waals surface area contributed by atoms with Crippen molar-refractivity contribution in [2.24, 2.45) is 0 Å². The molecule has 0 fully saturated rings. The van der Waals surface area contributed by atoms with Gasteiger partial charge in [0.1, 0.15) is 19.3 Å². The molecule has 60 heavy (non-hydrogen) atoms. The number of phosphoric ester groups is 1. The van der Waals surface area contributed by atoms with Crippen molar-refractivity contribution in [3.63, 3.8) is 0 Å². The zero-order chi connectivity index (χ0) is 44.1. The van der Waals surface area contributed by atoms with Crippen molar-refractivity contribution in [2.75, 3.05) is 54.1 Å². The maximum Gasteiger partial charge on any atom is 0.306 e. The molecule has 0 aromatic carbocycles. The number of carbonyl (C=O) groups is 1. The zero-order valence-electron chi connectivity index (χ0n) is 40.9. The van der Waals surface area contributed by atoms with Crippen LogP contribution in [0.3, 0.4) is 0 Å². The van der Waals surface area contributed by atoms with Crippen LogP contribution in [0.2, 0.25) is 0 Å². The van der Waals surface area contributed by atoms with E-state index in [4.69, 9.17) is 18.5 Å². The summed E-state index contributed by atoms with van der Waals surface area (Å²) in [5, 5.41) is 0. The number of carbonyl (C=O) groups excluding carboxylic acids is 1. The van der Waals surface area contributed by atoms with Gasteiger partial charge in [-0.3, -0.25) is 9.36 Å². The van der Waals surface area contributed by atoms with E-state index in [1.165, 1.54) is 212 Å². The summed E-state index contributed by atoms with van der Waals surface area (Å²) in [6.45, 7) is 5.49. The fourth-order valence-electron chi connectivity index (χ4n) is 7.84. The quantitative estimate of drug-likeness (QED) is 0.0260. The standard InChI is InChI=1S/C51H104NO7P/c1-6-8-10-12-14-16-18-20-22-23-24-25-26-27-28-29-31-33-35-37-39-41-43-46-56-48-50(49-58-60(54,55)57-47-45-52(3,4)5)59-51(53)44-42-40-38-36-34-32-30-21-19-17-15-13-11-9-7-2/h50H,6-49H2,1-5H3. The third-order valence-electron chi connectivity index (χ3n) is 11.9. The van der Waals surface area contributed by atoms with E-state index in [1.54, 1.807) is 0 Å². The van der Waals surface area contributed by atoms with Gasteiger partial charge in [0.05, 0.1) is 34.4 Å². The molecular weight excluding hydrogens is 770 g/mol. The molecule has 360 valence electrons. The van der Waals surface area contributed by atoms with E-state index in [1.807, 2.05) is 21.1 Å². The lowest BCUT2D eigenvalue weighted by Gasteiger charge is -2.28. The highest BCUT2D eigenvalue weighted by Gasteiger charge is 2.20. The topological polar surface area (TPSA) is 94.1 Å². The predicted molar refractivity (Wildman–Crippen MR) is 255 cm³/mol. The third-order valence-corrected chi connectivity index (χ3v) is 12.9. The molecule has 0 aliphatic heterocycles. The van der Waals surface area contributed by atoms with Crippen LogP contribution >= 0.6 is 7.82 Å². The van der Waals surface area contributed by atoms with Crippen LogP contribution < -0.4 is 4.89 Å². The highest BCUT2D eigenvalue weighted by atomic mass is 31.2. The van der Waals surface area contributed by atoms with Gasteiger partial charge < -0.3 is 27.9 Å². The molecule has 0 saturated heterocycles. The molecule has 0 aliphatic carbocycles. The fraction of sp³-hybridized carbons (Fsp3) is 0.980. The number of esters is 1. The van der Waals surface area contributed by atoms with Gasteiger partial charge in [-0.2, -0.15) is 0 Å². The molecule has 2 unspecified atom stereocenters. The molecule has 0 heterocycles. The lowest BCUT2D eigenvalue weighted by molar-refractivity contribution is -0.870. The third kappa shape index (κ3) is 48.5. The Bertz CT molecular complexity index is 930. The summed E-state index contributed by atoms with van der Waals surface area (Å²) in [6, 6.07) is 0. The Morgan fingerprint density at radius 1 is 0.450 bits per heavy atom. The van der Waals surface area contributed by atoms with E-state index in [0.717, 1.165) is 32.1 Å². The Balaban J connectivity index is 4.03. The minimum Gasteiger partial charge on any atom is -0.756 e. The highest BCUT2D eigenvalue weighted by Crippen LogP contribution is 2.38. The van der Waals surface area contributed by atoms with Gasteiger partial charge >= 0.3 is 5.97 Å². The van der Waals surface area contributed by atoms with Crippen molar-refractivity contribution in [1.29, 1.82) is 0 Å². The SMILES string of the molecule is CCCCCCCCCCCCCCCCCCCCCCCCCOCC(COP(=O)([O-])OCC[N+](C)(C)C)OC(=O)CCCCCCCCCCCCCCCCC. The van der Waals surface area contributed by atoms with Gasteiger partial charge in [-0.1, -0.05) is 245 Å². The van der Waals surface area contributed by atoms with E-state index in [2.05, 4.69) is 13.8 Å².